The molecule has 2 aromatic rings. The highest BCUT2D eigenvalue weighted by molar-refractivity contribution is 5.91. The van der Waals surface area contributed by atoms with E-state index in [9.17, 15) is 4.79 Å². The molecule has 0 radical (unpaired) electrons. The molecule has 14 heavy (non-hydrogen) atoms. The number of nitrogens with one attached hydrogen (secondary N) is 1. The first-order valence-electron chi connectivity index (χ1n) is 3.91. The fourth-order valence-corrected chi connectivity index (χ4v) is 1.04. The van der Waals surface area contributed by atoms with Crippen LogP contribution in [0.3, 0.4) is 0 Å². The van der Waals surface area contributed by atoms with Crippen LogP contribution in [-0.2, 0) is 0 Å². The Morgan fingerprint density at radius 1 is 1.21 bits per heavy atom. The molecule has 1 aromatic heterocycles. The molecule has 1 heterocycles. The largest absolute Gasteiger partial charge is 0.304 e. The van der Waals surface area contributed by atoms with Crippen molar-refractivity contribution in [3.05, 3.63) is 30.1 Å². The maximum atomic E-state index is 11.1. The number of carbonyl (C=O) groups excluding carboxylic acids is 1. The topological polar surface area (TPSA) is 93.8 Å². The van der Waals surface area contributed by atoms with Gasteiger partial charge in [0.05, 0.1) is 5.52 Å². The van der Waals surface area contributed by atoms with Crippen LogP contribution in [0.4, 0.5) is 0 Å². The van der Waals surface area contributed by atoms with Gasteiger partial charge >= 0.3 is 5.91 Å². The summed E-state index contributed by atoms with van der Waals surface area (Å²) in [5, 5.41) is 7.45. The number of rotatable bonds is 1. The predicted molar refractivity (Wildman–Crippen MR) is 49.0 cm³/mol. The normalized spacial score (nSPS) is 10.1. The van der Waals surface area contributed by atoms with Crippen LogP contribution in [0.1, 0.15) is 10.6 Å². The first kappa shape index (κ1) is 8.52. The summed E-state index contributed by atoms with van der Waals surface area (Å²) in [7, 11) is 0. The van der Waals surface area contributed by atoms with E-state index in [0.717, 1.165) is 0 Å². The minimum Gasteiger partial charge on any atom is -0.287 e. The van der Waals surface area contributed by atoms with Gasteiger partial charge in [0.1, 0.15) is 5.52 Å². The lowest BCUT2D eigenvalue weighted by Crippen LogP contribution is -2.31. The Balaban J connectivity index is 2.56. The zero-order valence-corrected chi connectivity index (χ0v) is 7.14. The van der Waals surface area contributed by atoms with Crippen molar-refractivity contribution in [1.29, 1.82) is 0 Å². The average molecular weight is 189 g/mol. The van der Waals surface area contributed by atoms with E-state index in [1.165, 1.54) is 0 Å². The van der Waals surface area contributed by atoms with Crippen molar-refractivity contribution in [3.63, 3.8) is 0 Å². The Morgan fingerprint density at radius 2 is 1.93 bits per heavy atom. The Labute approximate surface area is 79.1 Å². The van der Waals surface area contributed by atoms with Crippen molar-refractivity contribution in [2.45, 2.75) is 0 Å². The molecule has 0 spiro atoms. The number of nitrogens with zero attached hydrogens (tertiary/aromatic N) is 3. The van der Waals surface area contributed by atoms with Crippen LogP contribution < -0.4 is 11.3 Å². The van der Waals surface area contributed by atoms with Crippen molar-refractivity contribution in [2.24, 2.45) is 5.84 Å². The summed E-state index contributed by atoms with van der Waals surface area (Å²) in [5.74, 6) is 4.35. The van der Waals surface area contributed by atoms with Gasteiger partial charge in [0.15, 0.2) is 0 Å². The highest BCUT2D eigenvalue weighted by Gasteiger charge is 2.08. The van der Waals surface area contributed by atoms with E-state index in [4.69, 9.17) is 5.84 Å². The molecule has 0 aliphatic carbocycles. The zero-order valence-electron chi connectivity index (χ0n) is 7.14. The van der Waals surface area contributed by atoms with E-state index in [1.807, 2.05) is 11.5 Å². The molecule has 0 saturated carbocycles. The number of nitrogens with two attached hydrogens (primary N) is 1. The maximum absolute atomic E-state index is 11.1. The fourth-order valence-electron chi connectivity index (χ4n) is 1.04. The Morgan fingerprint density at radius 3 is 2.64 bits per heavy atom. The summed E-state index contributed by atoms with van der Waals surface area (Å²) < 4.78 is 0. The van der Waals surface area contributed by atoms with Crippen LogP contribution in [0.5, 0.6) is 0 Å². The minimum atomic E-state index is -0.553. The number of nitrogen functional groups attached to an aromatic ring is 1. The fraction of sp³-hybridized carbons (Fsp3) is 0. The van der Waals surface area contributed by atoms with Gasteiger partial charge in [-0.25, -0.2) is 10.8 Å². The molecule has 3 N–H and O–H groups in total. The van der Waals surface area contributed by atoms with Crippen LogP contribution in [-0.4, -0.2) is 21.1 Å². The summed E-state index contributed by atoms with van der Waals surface area (Å²) in [5.41, 5.74) is 3.19. The second-order valence-electron chi connectivity index (χ2n) is 2.60. The summed E-state index contributed by atoms with van der Waals surface area (Å²) in [4.78, 5) is 15.0. The number of aromatic nitrogens is 3. The summed E-state index contributed by atoms with van der Waals surface area (Å²) >= 11 is 0. The summed E-state index contributed by atoms with van der Waals surface area (Å²) in [6.45, 7) is 0. The van der Waals surface area contributed by atoms with Crippen molar-refractivity contribution in [3.8, 4) is 0 Å². The number of benzene rings is 1. The smallest absolute Gasteiger partial charge is 0.287 e. The maximum Gasteiger partial charge on any atom is 0.304 e. The molecule has 70 valence electrons. The molecule has 2 rings (SSSR count). The second-order valence-corrected chi connectivity index (χ2v) is 2.60. The van der Waals surface area contributed by atoms with Crippen LogP contribution in [0.15, 0.2) is 24.3 Å². The molecule has 0 aliphatic heterocycles. The molecular weight excluding hydrogens is 182 g/mol. The van der Waals surface area contributed by atoms with Crippen LogP contribution in [0, 0.1) is 0 Å². The van der Waals surface area contributed by atoms with E-state index in [0.29, 0.717) is 11.0 Å². The number of carbonyl (C=O) groups is 1. The first-order chi connectivity index (χ1) is 6.81. The predicted octanol–water partition coefficient (Wildman–Crippen LogP) is -0.372. The average Bonchev–Trinajstić information content (AvgIpc) is 2.27. The monoisotopic (exact) mass is 189 g/mol. The van der Waals surface area contributed by atoms with Crippen LogP contribution in [0.25, 0.3) is 11.0 Å². The van der Waals surface area contributed by atoms with Gasteiger partial charge in [0, 0.05) is 0 Å². The van der Waals surface area contributed by atoms with Crippen molar-refractivity contribution >= 4 is 16.9 Å². The standard InChI is InChI=1S/C8H7N5O/c9-11-8(14)7-10-5-3-1-2-4-6(5)12-13-7/h1-4H,9H2,(H,11,14). The highest BCUT2D eigenvalue weighted by Crippen LogP contribution is 2.05. The minimum absolute atomic E-state index is 0.0359. The Hall–Kier alpha value is -2.08. The molecule has 1 amide bonds. The van der Waals surface area contributed by atoms with Gasteiger partial charge < -0.3 is 0 Å². The number of para-hydroxylation sites is 1. The Kier molecular flexibility index (Phi) is 2.04. The molecule has 0 bridgehead atoms. The SMILES string of the molecule is NNC(=O)c1nnc2ccccc2n1. The van der Waals surface area contributed by atoms with Crippen LogP contribution in [0.2, 0.25) is 0 Å². The number of hydrogen-bond donors (Lipinski definition) is 2. The van der Waals surface area contributed by atoms with Gasteiger partial charge in [-0.15, -0.1) is 10.2 Å². The number of hydrogen-bond acceptors (Lipinski definition) is 5. The van der Waals surface area contributed by atoms with Gasteiger partial charge in [-0.2, -0.15) is 0 Å². The van der Waals surface area contributed by atoms with Gasteiger partial charge in [-0.3, -0.25) is 10.2 Å². The lowest BCUT2D eigenvalue weighted by molar-refractivity contribution is 0.0942. The zero-order chi connectivity index (χ0) is 9.97. The van der Waals surface area contributed by atoms with Crippen molar-refractivity contribution in [2.75, 3.05) is 0 Å². The van der Waals surface area contributed by atoms with Gasteiger partial charge in [0.25, 0.3) is 0 Å². The molecule has 1 aromatic carbocycles. The van der Waals surface area contributed by atoms with Crippen molar-refractivity contribution in [1.82, 2.24) is 20.6 Å². The highest BCUT2D eigenvalue weighted by atomic mass is 16.2. The Bertz CT molecular complexity index is 484. The third-order valence-electron chi connectivity index (χ3n) is 1.69. The number of fused-ring (bicyclic) bond motifs is 1. The number of hydrazine groups is 1. The number of amides is 1. The third-order valence-corrected chi connectivity index (χ3v) is 1.69. The molecule has 6 heteroatoms. The second kappa shape index (κ2) is 3.35. The van der Waals surface area contributed by atoms with E-state index in [-0.39, 0.29) is 5.82 Å². The van der Waals surface area contributed by atoms with E-state index in [2.05, 4.69) is 15.2 Å². The van der Waals surface area contributed by atoms with Gasteiger partial charge in [-0.1, -0.05) is 12.1 Å². The van der Waals surface area contributed by atoms with E-state index < -0.39 is 5.91 Å². The molecule has 0 fully saturated rings. The van der Waals surface area contributed by atoms with Gasteiger partial charge in [0.2, 0.25) is 5.82 Å². The molecule has 0 saturated heterocycles. The van der Waals surface area contributed by atoms with E-state index >= 15 is 0 Å². The van der Waals surface area contributed by atoms with Crippen LogP contribution >= 0.6 is 0 Å². The lowest BCUT2D eigenvalue weighted by atomic mass is 10.3. The quantitative estimate of drug-likeness (QED) is 0.362. The molecule has 6 nitrogen and oxygen atoms in total. The third kappa shape index (κ3) is 1.38. The molecule has 0 atom stereocenters. The van der Waals surface area contributed by atoms with Gasteiger partial charge in [-0.05, 0) is 12.1 Å². The van der Waals surface area contributed by atoms with E-state index in [1.54, 1.807) is 18.2 Å². The molecule has 0 aliphatic rings. The molecule has 0 unspecified atom stereocenters. The summed E-state index contributed by atoms with van der Waals surface area (Å²) in [6, 6.07) is 7.14. The molecular formula is C8H7N5O. The first-order valence-corrected chi connectivity index (χ1v) is 3.91. The van der Waals surface area contributed by atoms with Crippen molar-refractivity contribution < 1.29 is 4.79 Å². The summed E-state index contributed by atoms with van der Waals surface area (Å²) in [6.07, 6.45) is 0. The lowest BCUT2D eigenvalue weighted by Gasteiger charge is -1.98.